The fourth-order valence-corrected chi connectivity index (χ4v) is 2.95. The van der Waals surface area contributed by atoms with E-state index in [0.29, 0.717) is 31.3 Å². The number of nitrogens with zero attached hydrogens (tertiary/aromatic N) is 1. The largest absolute Gasteiger partial charge is 0.486 e. The van der Waals surface area contributed by atoms with Crippen molar-refractivity contribution in [1.29, 1.82) is 0 Å². The molecular weight excluding hydrogens is 328 g/mol. The Morgan fingerprint density at radius 2 is 1.96 bits per heavy atom. The van der Waals surface area contributed by atoms with Gasteiger partial charge in [-0.1, -0.05) is 12.1 Å². The summed E-state index contributed by atoms with van der Waals surface area (Å²) >= 11 is 0. The standard InChI is InChI=1S/C17H22N2O6/c1-19(10-12-11-24-13-4-2-3-5-14(13)25-12)16(22)18-17(15(20)21)6-8-23-9-7-17/h2-5,12H,6-11H2,1H3,(H,18,22)(H,20,21)/t12-/m0/s1. The van der Waals surface area contributed by atoms with Gasteiger partial charge in [-0.05, 0) is 12.1 Å². The molecule has 0 spiro atoms. The summed E-state index contributed by atoms with van der Waals surface area (Å²) in [5, 5.41) is 12.2. The van der Waals surface area contributed by atoms with Crippen molar-refractivity contribution in [3.63, 3.8) is 0 Å². The Balaban J connectivity index is 1.58. The predicted octanol–water partition coefficient (Wildman–Crippen LogP) is 1.10. The monoisotopic (exact) mass is 350 g/mol. The molecule has 3 rings (SSSR count). The quantitative estimate of drug-likeness (QED) is 0.844. The second kappa shape index (κ2) is 7.18. The van der Waals surface area contributed by atoms with Crippen molar-refractivity contribution in [2.24, 2.45) is 0 Å². The van der Waals surface area contributed by atoms with E-state index in [1.54, 1.807) is 7.05 Å². The molecule has 0 aliphatic carbocycles. The molecule has 0 aromatic heterocycles. The Hall–Kier alpha value is -2.48. The first-order valence-electron chi connectivity index (χ1n) is 8.23. The molecule has 0 radical (unpaired) electrons. The molecular formula is C17H22N2O6. The molecule has 2 aliphatic rings. The molecule has 1 aromatic carbocycles. The summed E-state index contributed by atoms with van der Waals surface area (Å²) in [7, 11) is 1.61. The number of nitrogens with one attached hydrogen (secondary N) is 1. The minimum atomic E-state index is -1.28. The number of hydrogen-bond acceptors (Lipinski definition) is 5. The fourth-order valence-electron chi connectivity index (χ4n) is 2.95. The van der Waals surface area contributed by atoms with Crippen LogP contribution in [0.25, 0.3) is 0 Å². The first-order chi connectivity index (χ1) is 12.0. The number of likely N-dealkylation sites (N-methyl/N-ethyl adjacent to an activating group) is 1. The van der Waals surface area contributed by atoms with Crippen LogP contribution in [0.1, 0.15) is 12.8 Å². The highest BCUT2D eigenvalue weighted by Crippen LogP contribution is 2.31. The van der Waals surface area contributed by atoms with E-state index < -0.39 is 17.5 Å². The minimum Gasteiger partial charge on any atom is -0.486 e. The van der Waals surface area contributed by atoms with E-state index in [2.05, 4.69) is 5.32 Å². The topological polar surface area (TPSA) is 97.3 Å². The fraction of sp³-hybridized carbons (Fsp3) is 0.529. The maximum atomic E-state index is 12.5. The first kappa shape index (κ1) is 17.3. The van der Waals surface area contributed by atoms with Crippen LogP contribution in [0.4, 0.5) is 4.79 Å². The van der Waals surface area contributed by atoms with Gasteiger partial charge in [0.1, 0.15) is 12.1 Å². The number of amides is 2. The zero-order valence-corrected chi connectivity index (χ0v) is 14.1. The van der Waals surface area contributed by atoms with Crippen molar-refractivity contribution >= 4 is 12.0 Å². The average Bonchev–Trinajstić information content (AvgIpc) is 2.62. The van der Waals surface area contributed by atoms with Gasteiger partial charge < -0.3 is 29.5 Å². The van der Waals surface area contributed by atoms with Gasteiger partial charge in [-0.25, -0.2) is 9.59 Å². The van der Waals surface area contributed by atoms with Gasteiger partial charge in [0.15, 0.2) is 17.6 Å². The number of ether oxygens (including phenoxy) is 3. The van der Waals surface area contributed by atoms with Crippen molar-refractivity contribution < 1.29 is 28.9 Å². The highest BCUT2D eigenvalue weighted by molar-refractivity contribution is 5.86. The molecule has 2 aliphatic heterocycles. The van der Waals surface area contributed by atoms with Crippen LogP contribution in [0.15, 0.2) is 24.3 Å². The van der Waals surface area contributed by atoms with Gasteiger partial charge in [-0.15, -0.1) is 0 Å². The van der Waals surface area contributed by atoms with E-state index in [4.69, 9.17) is 14.2 Å². The van der Waals surface area contributed by atoms with E-state index in [0.717, 1.165) is 0 Å². The Kier molecular flexibility index (Phi) is 4.98. The molecule has 8 heteroatoms. The van der Waals surface area contributed by atoms with Crippen LogP contribution in [-0.2, 0) is 9.53 Å². The van der Waals surface area contributed by atoms with Crippen molar-refractivity contribution in [3.05, 3.63) is 24.3 Å². The summed E-state index contributed by atoms with van der Waals surface area (Å²) in [6, 6.07) is 6.89. The smallest absolute Gasteiger partial charge is 0.329 e. The Morgan fingerprint density at radius 1 is 1.28 bits per heavy atom. The molecule has 1 atom stereocenters. The number of carboxylic acid groups (broad SMARTS) is 1. The lowest BCUT2D eigenvalue weighted by Gasteiger charge is -2.36. The lowest BCUT2D eigenvalue weighted by atomic mass is 9.90. The summed E-state index contributed by atoms with van der Waals surface area (Å²) in [5.41, 5.74) is -1.28. The van der Waals surface area contributed by atoms with Crippen LogP contribution in [0.3, 0.4) is 0 Å². The molecule has 0 bridgehead atoms. The lowest BCUT2D eigenvalue weighted by Crippen LogP contribution is -2.60. The third kappa shape index (κ3) is 3.79. The number of carbonyl (C=O) groups is 2. The predicted molar refractivity (Wildman–Crippen MR) is 87.9 cm³/mol. The maximum absolute atomic E-state index is 12.5. The third-order valence-electron chi connectivity index (χ3n) is 4.49. The number of rotatable bonds is 4. The van der Waals surface area contributed by atoms with Gasteiger partial charge in [0.25, 0.3) is 0 Å². The number of para-hydroxylation sites is 2. The normalized spacial score (nSPS) is 21.2. The van der Waals surface area contributed by atoms with Crippen molar-refractivity contribution in [1.82, 2.24) is 10.2 Å². The number of fused-ring (bicyclic) bond motifs is 1. The van der Waals surface area contributed by atoms with E-state index >= 15 is 0 Å². The third-order valence-corrected chi connectivity index (χ3v) is 4.49. The second-order valence-electron chi connectivity index (χ2n) is 6.31. The number of hydrogen-bond donors (Lipinski definition) is 2. The van der Waals surface area contributed by atoms with Gasteiger partial charge in [-0.2, -0.15) is 0 Å². The Labute approximate surface area is 145 Å². The minimum absolute atomic E-state index is 0.248. The molecule has 0 unspecified atom stereocenters. The summed E-state index contributed by atoms with van der Waals surface area (Å²) in [6.45, 7) is 1.23. The van der Waals surface area contributed by atoms with Crippen LogP contribution in [0, 0.1) is 0 Å². The summed E-state index contributed by atoms with van der Waals surface area (Å²) in [5.74, 6) is 0.278. The molecule has 0 saturated carbocycles. The van der Waals surface area contributed by atoms with E-state index in [9.17, 15) is 14.7 Å². The molecule has 136 valence electrons. The van der Waals surface area contributed by atoms with Gasteiger partial charge >= 0.3 is 12.0 Å². The molecule has 1 fully saturated rings. The number of benzene rings is 1. The van der Waals surface area contributed by atoms with Gasteiger partial charge in [0.2, 0.25) is 0 Å². The summed E-state index contributed by atoms with van der Waals surface area (Å²) in [6.07, 6.45) is 0.178. The number of aliphatic carboxylic acids is 1. The average molecular weight is 350 g/mol. The maximum Gasteiger partial charge on any atom is 0.329 e. The molecule has 2 amide bonds. The van der Waals surface area contributed by atoms with E-state index in [-0.39, 0.29) is 25.5 Å². The van der Waals surface area contributed by atoms with E-state index in [1.165, 1.54) is 4.90 Å². The van der Waals surface area contributed by atoms with Crippen LogP contribution in [-0.4, -0.2) is 67.1 Å². The zero-order chi connectivity index (χ0) is 17.9. The van der Waals surface area contributed by atoms with Crippen LogP contribution in [0.2, 0.25) is 0 Å². The zero-order valence-electron chi connectivity index (χ0n) is 14.1. The summed E-state index contributed by atoms with van der Waals surface area (Å²) in [4.78, 5) is 25.5. The second-order valence-corrected chi connectivity index (χ2v) is 6.31. The summed E-state index contributed by atoms with van der Waals surface area (Å²) < 4.78 is 16.7. The van der Waals surface area contributed by atoms with Gasteiger partial charge in [0, 0.05) is 33.1 Å². The molecule has 25 heavy (non-hydrogen) atoms. The molecule has 1 saturated heterocycles. The SMILES string of the molecule is CN(C[C@H]1COc2ccccc2O1)C(=O)NC1(C(=O)O)CCOCC1. The van der Waals surface area contributed by atoms with Crippen LogP contribution < -0.4 is 14.8 Å². The molecule has 1 aromatic rings. The molecule has 2 heterocycles. The van der Waals surface area contributed by atoms with Gasteiger partial charge in [-0.3, -0.25) is 0 Å². The number of carbonyl (C=O) groups excluding carboxylic acids is 1. The Morgan fingerprint density at radius 3 is 2.64 bits per heavy atom. The number of urea groups is 1. The molecule has 8 nitrogen and oxygen atoms in total. The van der Waals surface area contributed by atoms with Crippen LogP contribution in [0.5, 0.6) is 11.5 Å². The molecule has 2 N–H and O–H groups in total. The lowest BCUT2D eigenvalue weighted by molar-refractivity contribution is -0.148. The van der Waals surface area contributed by atoms with E-state index in [1.807, 2.05) is 24.3 Å². The van der Waals surface area contributed by atoms with Crippen molar-refractivity contribution in [2.45, 2.75) is 24.5 Å². The van der Waals surface area contributed by atoms with Crippen molar-refractivity contribution in [3.8, 4) is 11.5 Å². The van der Waals surface area contributed by atoms with Gasteiger partial charge in [0.05, 0.1) is 6.54 Å². The highest BCUT2D eigenvalue weighted by Gasteiger charge is 2.42. The first-order valence-corrected chi connectivity index (χ1v) is 8.23. The Bertz CT molecular complexity index is 644. The van der Waals surface area contributed by atoms with Crippen LogP contribution >= 0.6 is 0 Å². The van der Waals surface area contributed by atoms with Crippen molar-refractivity contribution in [2.75, 3.05) is 33.4 Å². The number of carboxylic acids is 1. The highest BCUT2D eigenvalue weighted by atomic mass is 16.6.